The van der Waals surface area contributed by atoms with Crippen molar-refractivity contribution in [3.63, 3.8) is 0 Å². The van der Waals surface area contributed by atoms with E-state index in [0.29, 0.717) is 0 Å². The lowest BCUT2D eigenvalue weighted by atomic mass is 10.1. The van der Waals surface area contributed by atoms with Crippen LogP contribution in [-0.4, -0.2) is 20.9 Å². The van der Waals surface area contributed by atoms with Gasteiger partial charge < -0.3 is 10.4 Å². The number of nitrogens with one attached hydrogen (secondary N) is 1. The molecule has 0 fully saturated rings. The molecule has 1 aromatic heterocycles. The van der Waals surface area contributed by atoms with E-state index in [2.05, 4.69) is 10.4 Å². The summed E-state index contributed by atoms with van der Waals surface area (Å²) in [5, 5.41) is 16.5. The average Bonchev–Trinajstić information content (AvgIpc) is 2.78. The molecule has 0 aliphatic heterocycles. The summed E-state index contributed by atoms with van der Waals surface area (Å²) >= 11 is 0. The summed E-state index contributed by atoms with van der Waals surface area (Å²) in [5.74, 6) is -0.919. The molecule has 0 saturated heterocycles. The second kappa shape index (κ2) is 5.14. The summed E-state index contributed by atoms with van der Waals surface area (Å²) in [6.07, 6.45) is 3.74. The molecule has 0 spiro atoms. The van der Waals surface area contributed by atoms with Gasteiger partial charge >= 0.3 is 5.97 Å². The van der Waals surface area contributed by atoms with Crippen LogP contribution in [0.2, 0.25) is 0 Å². The normalized spacial score (nSPS) is 12.2. The fourth-order valence-electron chi connectivity index (χ4n) is 1.89. The van der Waals surface area contributed by atoms with Crippen LogP contribution >= 0.6 is 0 Å². The maximum Gasteiger partial charge on any atom is 0.335 e. The van der Waals surface area contributed by atoms with E-state index in [-0.39, 0.29) is 11.6 Å². The molecule has 19 heavy (non-hydrogen) atoms. The molecule has 5 heteroatoms. The van der Waals surface area contributed by atoms with E-state index in [1.165, 1.54) is 0 Å². The molecule has 0 aliphatic rings. The molecule has 2 aromatic rings. The first kappa shape index (κ1) is 13.1. The van der Waals surface area contributed by atoms with Gasteiger partial charge in [-0.3, -0.25) is 4.68 Å². The van der Waals surface area contributed by atoms with Gasteiger partial charge in [-0.2, -0.15) is 5.10 Å². The number of nitrogens with zero attached hydrogens (tertiary/aromatic N) is 2. The van der Waals surface area contributed by atoms with Crippen LogP contribution in [0.25, 0.3) is 0 Å². The predicted octanol–water partition coefficient (Wildman–Crippen LogP) is 2.60. The number of hydrogen-bond donors (Lipinski definition) is 2. The Kier molecular flexibility index (Phi) is 3.55. The van der Waals surface area contributed by atoms with Crippen molar-refractivity contribution < 1.29 is 9.90 Å². The molecule has 0 amide bonds. The molecule has 5 nitrogen and oxygen atoms in total. The van der Waals surface area contributed by atoms with Crippen molar-refractivity contribution in [2.24, 2.45) is 7.05 Å². The van der Waals surface area contributed by atoms with Gasteiger partial charge in [0.15, 0.2) is 0 Å². The van der Waals surface area contributed by atoms with E-state index in [1.807, 2.05) is 33.2 Å². The Labute approximate surface area is 111 Å². The van der Waals surface area contributed by atoms with Crippen LogP contribution in [0.4, 0.5) is 5.69 Å². The van der Waals surface area contributed by atoms with Crippen molar-refractivity contribution in [3.05, 3.63) is 47.3 Å². The zero-order valence-electron chi connectivity index (χ0n) is 11.2. The van der Waals surface area contributed by atoms with Gasteiger partial charge in [-0.25, -0.2) is 4.79 Å². The first-order valence-corrected chi connectivity index (χ1v) is 6.06. The predicted molar refractivity (Wildman–Crippen MR) is 73.4 cm³/mol. The number of benzene rings is 1. The minimum Gasteiger partial charge on any atom is -0.478 e. The van der Waals surface area contributed by atoms with Gasteiger partial charge in [0.1, 0.15) is 0 Å². The number of carboxylic acids is 1. The molecule has 0 radical (unpaired) electrons. The molecule has 0 bridgehead atoms. The summed E-state index contributed by atoms with van der Waals surface area (Å²) in [4.78, 5) is 11.0. The summed E-state index contributed by atoms with van der Waals surface area (Å²) in [5.41, 5.74) is 3.19. The monoisotopic (exact) mass is 259 g/mol. The number of anilines is 1. The quantitative estimate of drug-likeness (QED) is 0.885. The molecule has 1 aromatic carbocycles. The van der Waals surface area contributed by atoms with E-state index in [1.54, 1.807) is 23.0 Å². The topological polar surface area (TPSA) is 67.2 Å². The lowest BCUT2D eigenvalue weighted by molar-refractivity contribution is 0.0697. The third-order valence-corrected chi connectivity index (χ3v) is 3.08. The number of carbonyl (C=O) groups is 1. The smallest absolute Gasteiger partial charge is 0.335 e. The van der Waals surface area contributed by atoms with Crippen molar-refractivity contribution in [1.82, 2.24) is 9.78 Å². The summed E-state index contributed by atoms with van der Waals surface area (Å²) in [6, 6.07) is 5.14. The molecule has 0 aliphatic carbocycles. The van der Waals surface area contributed by atoms with Crippen molar-refractivity contribution in [2.75, 3.05) is 5.32 Å². The zero-order chi connectivity index (χ0) is 14.0. The number of carboxylic acid groups (broad SMARTS) is 1. The van der Waals surface area contributed by atoms with Gasteiger partial charge in [-0.1, -0.05) is 6.07 Å². The Morgan fingerprint density at radius 3 is 2.79 bits per heavy atom. The van der Waals surface area contributed by atoms with Gasteiger partial charge in [0.25, 0.3) is 0 Å². The summed E-state index contributed by atoms with van der Waals surface area (Å²) in [6.45, 7) is 3.97. The Morgan fingerprint density at radius 1 is 1.47 bits per heavy atom. The highest BCUT2D eigenvalue weighted by Crippen LogP contribution is 2.23. The van der Waals surface area contributed by atoms with Crippen LogP contribution in [0.15, 0.2) is 30.6 Å². The highest BCUT2D eigenvalue weighted by atomic mass is 16.4. The molecule has 2 rings (SSSR count). The number of aromatic nitrogens is 2. The number of rotatable bonds is 4. The molecule has 2 N–H and O–H groups in total. The Morgan fingerprint density at radius 2 is 2.21 bits per heavy atom. The van der Waals surface area contributed by atoms with Gasteiger partial charge in [0.2, 0.25) is 0 Å². The van der Waals surface area contributed by atoms with Gasteiger partial charge in [0.05, 0.1) is 17.8 Å². The SMILES string of the molecule is Cc1ccc(C(=O)O)cc1NC(C)c1cnn(C)c1. The van der Waals surface area contributed by atoms with Gasteiger partial charge in [0, 0.05) is 24.5 Å². The maximum atomic E-state index is 11.0. The van der Waals surface area contributed by atoms with Crippen LogP contribution < -0.4 is 5.32 Å². The van der Waals surface area contributed by atoms with Crippen molar-refractivity contribution in [2.45, 2.75) is 19.9 Å². The minimum atomic E-state index is -0.919. The molecular weight excluding hydrogens is 242 g/mol. The second-order valence-corrected chi connectivity index (χ2v) is 4.65. The van der Waals surface area contributed by atoms with Crippen molar-refractivity contribution >= 4 is 11.7 Å². The first-order chi connectivity index (χ1) is 8.97. The molecule has 0 saturated carbocycles. The van der Waals surface area contributed by atoms with Crippen LogP contribution in [0, 0.1) is 6.92 Å². The highest BCUT2D eigenvalue weighted by molar-refractivity contribution is 5.89. The van der Waals surface area contributed by atoms with Crippen LogP contribution in [-0.2, 0) is 7.05 Å². The number of aryl methyl sites for hydroxylation is 2. The molecule has 1 unspecified atom stereocenters. The van der Waals surface area contributed by atoms with Gasteiger partial charge in [-0.05, 0) is 31.5 Å². The fraction of sp³-hybridized carbons (Fsp3) is 0.286. The number of aromatic carboxylic acids is 1. The molecule has 1 atom stereocenters. The van der Waals surface area contributed by atoms with Crippen LogP contribution in [0.5, 0.6) is 0 Å². The molecule has 1 heterocycles. The molecular formula is C14H17N3O2. The van der Waals surface area contributed by atoms with Crippen LogP contribution in [0.1, 0.15) is 34.5 Å². The van der Waals surface area contributed by atoms with Crippen LogP contribution in [0.3, 0.4) is 0 Å². The Bertz CT molecular complexity index is 604. The fourth-order valence-corrected chi connectivity index (χ4v) is 1.89. The standard InChI is InChI=1S/C14H17N3O2/c1-9-4-5-11(14(18)19)6-13(9)16-10(2)12-7-15-17(3)8-12/h4-8,10,16H,1-3H3,(H,18,19). The first-order valence-electron chi connectivity index (χ1n) is 6.06. The van der Waals surface area contributed by atoms with E-state index in [4.69, 9.17) is 5.11 Å². The third-order valence-electron chi connectivity index (χ3n) is 3.08. The van der Waals surface area contributed by atoms with Crippen molar-refractivity contribution in [1.29, 1.82) is 0 Å². The highest BCUT2D eigenvalue weighted by Gasteiger charge is 2.11. The van der Waals surface area contributed by atoms with E-state index < -0.39 is 5.97 Å². The van der Waals surface area contributed by atoms with E-state index in [9.17, 15) is 4.79 Å². The Balaban J connectivity index is 2.22. The minimum absolute atomic E-state index is 0.0662. The van der Waals surface area contributed by atoms with E-state index >= 15 is 0 Å². The molecule has 100 valence electrons. The third kappa shape index (κ3) is 2.93. The number of hydrogen-bond acceptors (Lipinski definition) is 3. The summed E-state index contributed by atoms with van der Waals surface area (Å²) in [7, 11) is 1.87. The average molecular weight is 259 g/mol. The second-order valence-electron chi connectivity index (χ2n) is 4.65. The summed E-state index contributed by atoms with van der Waals surface area (Å²) < 4.78 is 1.74. The lowest BCUT2D eigenvalue weighted by Gasteiger charge is -2.16. The lowest BCUT2D eigenvalue weighted by Crippen LogP contribution is -2.08. The largest absolute Gasteiger partial charge is 0.478 e. The maximum absolute atomic E-state index is 11.0. The van der Waals surface area contributed by atoms with E-state index in [0.717, 1.165) is 16.8 Å². The van der Waals surface area contributed by atoms with Crippen molar-refractivity contribution in [3.8, 4) is 0 Å². The van der Waals surface area contributed by atoms with Gasteiger partial charge in [-0.15, -0.1) is 0 Å². The zero-order valence-corrected chi connectivity index (χ0v) is 11.2. The Hall–Kier alpha value is -2.30.